The van der Waals surface area contributed by atoms with Crippen LogP contribution in [0.5, 0.6) is 0 Å². The van der Waals surface area contributed by atoms with Crippen LogP contribution in [0, 0.1) is 17.0 Å². The average Bonchev–Trinajstić information content (AvgIpc) is 2.60. The van der Waals surface area contributed by atoms with Gasteiger partial charge < -0.3 is 19.4 Å². The maximum atomic E-state index is 10.8. The van der Waals surface area contributed by atoms with E-state index in [1.165, 1.54) is 19.4 Å². The van der Waals surface area contributed by atoms with Crippen molar-refractivity contribution in [2.75, 3.05) is 7.11 Å². The largest absolute Gasteiger partial charge is 0.466 e. The topological polar surface area (TPSA) is 87.3 Å². The van der Waals surface area contributed by atoms with Crippen molar-refractivity contribution in [3.63, 3.8) is 0 Å². The highest BCUT2D eigenvalue weighted by Gasteiger charge is 2.13. The van der Waals surface area contributed by atoms with E-state index in [0.717, 1.165) is 0 Å². The molecule has 0 atom stereocenters. The van der Waals surface area contributed by atoms with Gasteiger partial charge in [-0.05, 0) is 9.91 Å². The van der Waals surface area contributed by atoms with Crippen LogP contribution in [0.3, 0.4) is 0 Å². The van der Waals surface area contributed by atoms with Crippen LogP contribution >= 0.6 is 0 Å². The van der Waals surface area contributed by atoms with Gasteiger partial charge in [0.05, 0.1) is 7.11 Å². The first-order valence-corrected chi connectivity index (χ1v) is 4.47. The summed E-state index contributed by atoms with van der Waals surface area (Å²) in [6.07, 6.45) is 4.12. The molecular weight excluding hydrogens is 214 g/mol. The number of carbonyl (C=O) groups is 1. The maximum Gasteiger partial charge on any atom is 0.381 e. The van der Waals surface area contributed by atoms with E-state index in [1.54, 1.807) is 17.6 Å². The van der Waals surface area contributed by atoms with Crippen LogP contribution in [0.4, 0.5) is 5.82 Å². The van der Waals surface area contributed by atoms with Gasteiger partial charge in [-0.3, -0.25) is 0 Å². The van der Waals surface area contributed by atoms with Gasteiger partial charge in [-0.2, -0.15) is 0 Å². The quantitative estimate of drug-likeness (QED) is 0.328. The van der Waals surface area contributed by atoms with Gasteiger partial charge in [-0.1, -0.05) is 6.08 Å². The fraction of sp³-hybridized carbons (Fsp3) is 0.333. The average molecular weight is 225 g/mol. The number of aryl methyl sites for hydroxylation is 1. The molecular formula is C9H11N3O4. The molecule has 0 aliphatic heterocycles. The zero-order valence-corrected chi connectivity index (χ0v) is 8.91. The third-order valence-electron chi connectivity index (χ3n) is 1.91. The summed E-state index contributed by atoms with van der Waals surface area (Å²) >= 11 is 0. The summed E-state index contributed by atoms with van der Waals surface area (Å²) < 4.78 is 5.97. The molecule has 0 N–H and O–H groups in total. The number of rotatable bonds is 4. The van der Waals surface area contributed by atoms with E-state index < -0.39 is 10.9 Å². The molecule has 0 radical (unpaired) electrons. The first kappa shape index (κ1) is 11.9. The van der Waals surface area contributed by atoms with Crippen molar-refractivity contribution in [1.82, 2.24) is 9.55 Å². The summed E-state index contributed by atoms with van der Waals surface area (Å²) in [5.74, 6) is -0.155. The number of ether oxygens (including phenoxy) is 1. The van der Waals surface area contributed by atoms with Crippen molar-refractivity contribution >= 4 is 11.8 Å². The van der Waals surface area contributed by atoms with Crippen LogP contribution < -0.4 is 0 Å². The van der Waals surface area contributed by atoms with E-state index >= 15 is 0 Å². The highest BCUT2D eigenvalue weighted by Crippen LogP contribution is 2.09. The number of methoxy groups -OCH3 is 1. The van der Waals surface area contributed by atoms with Crippen molar-refractivity contribution in [1.29, 1.82) is 0 Å². The standard InChI is InChI=1S/C9H11N3O4/c1-7-10-8(12(14)15)6-11(7)5-3-4-9(13)16-2/h3-4,6H,5H2,1-2H3/b4-3-. The first-order chi connectivity index (χ1) is 7.54. The van der Waals surface area contributed by atoms with E-state index in [0.29, 0.717) is 12.4 Å². The Bertz CT molecular complexity index is 436. The Morgan fingerprint density at radius 1 is 1.75 bits per heavy atom. The van der Waals surface area contributed by atoms with Crippen molar-refractivity contribution in [2.24, 2.45) is 0 Å². The lowest BCUT2D eigenvalue weighted by Crippen LogP contribution is -1.98. The minimum atomic E-state index is -0.562. The molecule has 0 aromatic carbocycles. The van der Waals surface area contributed by atoms with Gasteiger partial charge >= 0.3 is 11.8 Å². The molecule has 0 bridgehead atoms. The zero-order valence-electron chi connectivity index (χ0n) is 8.91. The Kier molecular flexibility index (Phi) is 3.76. The highest BCUT2D eigenvalue weighted by atomic mass is 16.6. The molecule has 0 saturated heterocycles. The lowest BCUT2D eigenvalue weighted by Gasteiger charge is -1.95. The van der Waals surface area contributed by atoms with Crippen LogP contribution in [0.1, 0.15) is 5.82 Å². The van der Waals surface area contributed by atoms with Gasteiger partial charge in [0.2, 0.25) is 5.82 Å². The van der Waals surface area contributed by atoms with Gasteiger partial charge in [-0.15, -0.1) is 0 Å². The summed E-state index contributed by atoms with van der Waals surface area (Å²) in [6, 6.07) is 0. The number of carbonyl (C=O) groups excluding carboxylic acids is 1. The second-order valence-electron chi connectivity index (χ2n) is 2.98. The Morgan fingerprint density at radius 3 is 2.94 bits per heavy atom. The van der Waals surface area contributed by atoms with Gasteiger partial charge in [0.15, 0.2) is 0 Å². The van der Waals surface area contributed by atoms with Gasteiger partial charge in [0.25, 0.3) is 0 Å². The third kappa shape index (κ3) is 2.91. The normalized spacial score (nSPS) is 10.6. The second kappa shape index (κ2) is 5.06. The molecule has 1 rings (SSSR count). The Hall–Kier alpha value is -2.18. The fourth-order valence-corrected chi connectivity index (χ4v) is 1.09. The lowest BCUT2D eigenvalue weighted by atomic mass is 10.5. The highest BCUT2D eigenvalue weighted by molar-refractivity contribution is 5.81. The van der Waals surface area contributed by atoms with Crippen molar-refractivity contribution in [3.8, 4) is 0 Å². The summed E-state index contributed by atoms with van der Waals surface area (Å²) in [5.41, 5.74) is 0. The molecule has 0 amide bonds. The molecule has 0 unspecified atom stereocenters. The van der Waals surface area contributed by atoms with Crippen LogP contribution in [0.25, 0.3) is 0 Å². The van der Waals surface area contributed by atoms with Crippen LogP contribution in [-0.4, -0.2) is 27.6 Å². The summed E-state index contributed by atoms with van der Waals surface area (Å²) in [6.45, 7) is 1.99. The monoisotopic (exact) mass is 225 g/mol. The number of hydrogen-bond donors (Lipinski definition) is 0. The molecule has 0 aliphatic rings. The summed E-state index contributed by atoms with van der Waals surface area (Å²) in [5, 5.41) is 10.4. The number of hydrogen-bond acceptors (Lipinski definition) is 5. The predicted molar refractivity (Wildman–Crippen MR) is 54.8 cm³/mol. The maximum absolute atomic E-state index is 10.8. The van der Waals surface area contributed by atoms with Crippen LogP contribution in [0.15, 0.2) is 18.3 Å². The van der Waals surface area contributed by atoms with E-state index in [4.69, 9.17) is 0 Å². The molecule has 1 aromatic heterocycles. The molecule has 0 saturated carbocycles. The number of nitrogens with zero attached hydrogens (tertiary/aromatic N) is 3. The minimum absolute atomic E-state index is 0.205. The third-order valence-corrected chi connectivity index (χ3v) is 1.91. The van der Waals surface area contributed by atoms with E-state index in [2.05, 4.69) is 9.72 Å². The predicted octanol–water partition coefficient (Wildman–Crippen LogP) is 0.829. The van der Waals surface area contributed by atoms with E-state index in [9.17, 15) is 14.9 Å². The van der Waals surface area contributed by atoms with E-state index in [-0.39, 0.29) is 5.82 Å². The molecule has 1 heterocycles. The second-order valence-corrected chi connectivity index (χ2v) is 2.98. The molecule has 86 valence electrons. The number of nitro groups is 1. The summed E-state index contributed by atoms with van der Waals surface area (Å²) in [7, 11) is 1.28. The number of imidazole rings is 1. The minimum Gasteiger partial charge on any atom is -0.466 e. The molecule has 0 aliphatic carbocycles. The molecule has 7 nitrogen and oxygen atoms in total. The van der Waals surface area contributed by atoms with Crippen molar-refractivity contribution in [2.45, 2.75) is 13.5 Å². The van der Waals surface area contributed by atoms with Crippen LogP contribution in [-0.2, 0) is 16.1 Å². The zero-order chi connectivity index (χ0) is 12.1. The number of allylic oxidation sites excluding steroid dienone is 1. The first-order valence-electron chi connectivity index (χ1n) is 4.47. The molecule has 0 spiro atoms. The molecule has 0 fully saturated rings. The Balaban J connectivity index is 2.71. The summed E-state index contributed by atoms with van der Waals surface area (Å²) in [4.78, 5) is 24.4. The molecule has 7 heteroatoms. The van der Waals surface area contributed by atoms with Crippen molar-refractivity contribution in [3.05, 3.63) is 34.3 Å². The number of aromatic nitrogens is 2. The van der Waals surface area contributed by atoms with Gasteiger partial charge in [0.1, 0.15) is 6.20 Å². The smallest absolute Gasteiger partial charge is 0.381 e. The van der Waals surface area contributed by atoms with E-state index in [1.807, 2.05) is 0 Å². The Morgan fingerprint density at radius 2 is 2.44 bits per heavy atom. The lowest BCUT2D eigenvalue weighted by molar-refractivity contribution is -0.389. The number of esters is 1. The molecule has 1 aromatic rings. The fourth-order valence-electron chi connectivity index (χ4n) is 1.09. The van der Waals surface area contributed by atoms with Crippen LogP contribution in [0.2, 0.25) is 0 Å². The van der Waals surface area contributed by atoms with Gasteiger partial charge in [-0.25, -0.2) is 4.79 Å². The Labute approximate surface area is 91.5 Å². The van der Waals surface area contributed by atoms with Gasteiger partial charge in [0, 0.05) is 19.5 Å². The SMILES string of the molecule is COC(=O)/C=C\Cn1cc([N+](=O)[O-])nc1C. The molecule has 16 heavy (non-hydrogen) atoms. The van der Waals surface area contributed by atoms with Crippen molar-refractivity contribution < 1.29 is 14.5 Å².